The van der Waals surface area contributed by atoms with Crippen molar-refractivity contribution in [3.63, 3.8) is 0 Å². The molecule has 0 saturated carbocycles. The zero-order valence-corrected chi connectivity index (χ0v) is 16.8. The minimum atomic E-state index is -3.60. The summed E-state index contributed by atoms with van der Waals surface area (Å²) in [5.74, 6) is -0.371. The summed E-state index contributed by atoms with van der Waals surface area (Å²) in [6, 6.07) is 11.3. The lowest BCUT2D eigenvalue weighted by molar-refractivity contribution is -0.114. The van der Waals surface area contributed by atoms with Crippen LogP contribution in [0.5, 0.6) is 0 Å². The molecule has 0 spiro atoms. The summed E-state index contributed by atoms with van der Waals surface area (Å²) >= 11 is 0. The van der Waals surface area contributed by atoms with E-state index in [0.717, 1.165) is 28.5 Å². The zero-order chi connectivity index (χ0) is 19.5. The zero-order valence-electron chi connectivity index (χ0n) is 16.0. The normalized spacial score (nSPS) is 11.3. The number of nitrogens with one attached hydrogen (secondary N) is 1. The topological polar surface area (TPSA) is 66.5 Å². The van der Waals surface area contributed by atoms with Gasteiger partial charge in [-0.25, -0.2) is 8.42 Å². The van der Waals surface area contributed by atoms with Gasteiger partial charge in [0.25, 0.3) is 0 Å². The van der Waals surface area contributed by atoms with Crippen LogP contribution in [0.15, 0.2) is 36.4 Å². The molecular weight excluding hydrogens is 348 g/mol. The predicted octanol–water partition coefficient (Wildman–Crippen LogP) is 3.58. The summed E-state index contributed by atoms with van der Waals surface area (Å²) in [5.41, 5.74) is 5.17. The van der Waals surface area contributed by atoms with Crippen molar-refractivity contribution in [2.45, 2.75) is 34.1 Å². The molecule has 2 aromatic carbocycles. The highest BCUT2D eigenvalue weighted by atomic mass is 32.2. The van der Waals surface area contributed by atoms with Gasteiger partial charge in [0, 0.05) is 5.69 Å². The molecule has 140 valence electrons. The standard InChI is InChI=1S/C20H26N2O3S/c1-6-17-9-7-8-15(3)20(17)22(26(5,24)25)13-19(23)21-18-11-10-14(2)16(4)12-18/h7-12H,6,13H2,1-5H3,(H,21,23). The van der Waals surface area contributed by atoms with Crippen LogP contribution in [0, 0.1) is 20.8 Å². The van der Waals surface area contributed by atoms with Crippen LogP contribution in [0.3, 0.4) is 0 Å². The van der Waals surface area contributed by atoms with E-state index in [9.17, 15) is 13.2 Å². The molecule has 2 rings (SSSR count). The molecule has 1 N–H and O–H groups in total. The smallest absolute Gasteiger partial charge is 0.245 e. The van der Waals surface area contributed by atoms with E-state index in [-0.39, 0.29) is 12.5 Å². The molecule has 2 aromatic rings. The minimum Gasteiger partial charge on any atom is -0.325 e. The molecule has 0 atom stereocenters. The van der Waals surface area contributed by atoms with E-state index in [1.165, 1.54) is 4.31 Å². The lowest BCUT2D eigenvalue weighted by Gasteiger charge is -2.26. The van der Waals surface area contributed by atoms with Crippen LogP contribution in [-0.4, -0.2) is 27.1 Å². The molecule has 0 fully saturated rings. The highest BCUT2D eigenvalue weighted by Crippen LogP contribution is 2.28. The Hall–Kier alpha value is -2.34. The van der Waals surface area contributed by atoms with Crippen molar-refractivity contribution in [1.29, 1.82) is 0 Å². The van der Waals surface area contributed by atoms with Gasteiger partial charge in [-0.05, 0) is 61.6 Å². The van der Waals surface area contributed by atoms with E-state index in [1.807, 2.05) is 64.1 Å². The lowest BCUT2D eigenvalue weighted by Crippen LogP contribution is -2.38. The van der Waals surface area contributed by atoms with Crippen LogP contribution < -0.4 is 9.62 Å². The van der Waals surface area contributed by atoms with Crippen LogP contribution >= 0.6 is 0 Å². The number of carbonyl (C=O) groups is 1. The largest absolute Gasteiger partial charge is 0.325 e. The molecule has 0 bridgehead atoms. The lowest BCUT2D eigenvalue weighted by atomic mass is 10.1. The van der Waals surface area contributed by atoms with Gasteiger partial charge in [0.2, 0.25) is 15.9 Å². The number of nitrogens with zero attached hydrogens (tertiary/aromatic N) is 1. The van der Waals surface area contributed by atoms with E-state index >= 15 is 0 Å². The SMILES string of the molecule is CCc1cccc(C)c1N(CC(=O)Nc1ccc(C)c(C)c1)S(C)(=O)=O. The Kier molecular flexibility index (Phi) is 6.08. The Balaban J connectivity index is 2.32. The summed E-state index contributed by atoms with van der Waals surface area (Å²) in [4.78, 5) is 12.5. The second kappa shape index (κ2) is 7.91. The molecule has 0 heterocycles. The molecule has 0 aliphatic rings. The van der Waals surface area contributed by atoms with E-state index in [0.29, 0.717) is 17.8 Å². The fourth-order valence-electron chi connectivity index (χ4n) is 2.87. The van der Waals surface area contributed by atoms with Gasteiger partial charge < -0.3 is 5.32 Å². The van der Waals surface area contributed by atoms with E-state index in [1.54, 1.807) is 0 Å². The molecule has 0 aliphatic heterocycles. The van der Waals surface area contributed by atoms with Gasteiger partial charge in [-0.2, -0.15) is 0 Å². The quantitative estimate of drug-likeness (QED) is 0.840. The minimum absolute atomic E-state index is 0.260. The number of sulfonamides is 1. The number of benzene rings is 2. The number of hydrogen-bond donors (Lipinski definition) is 1. The van der Waals surface area contributed by atoms with Gasteiger partial charge in [-0.15, -0.1) is 0 Å². The van der Waals surface area contributed by atoms with Crippen molar-refractivity contribution >= 4 is 27.3 Å². The van der Waals surface area contributed by atoms with Gasteiger partial charge in [0.1, 0.15) is 6.54 Å². The number of anilines is 2. The Morgan fingerprint density at radius 2 is 1.73 bits per heavy atom. The molecule has 0 radical (unpaired) electrons. The fraction of sp³-hybridized carbons (Fsp3) is 0.350. The molecule has 0 aliphatic carbocycles. The Morgan fingerprint density at radius 3 is 2.31 bits per heavy atom. The molecule has 26 heavy (non-hydrogen) atoms. The van der Waals surface area contributed by atoms with Gasteiger partial charge in [-0.1, -0.05) is 31.2 Å². The molecule has 5 nitrogen and oxygen atoms in total. The number of rotatable bonds is 6. The van der Waals surface area contributed by atoms with Crippen LogP contribution in [0.2, 0.25) is 0 Å². The highest BCUT2D eigenvalue weighted by molar-refractivity contribution is 7.92. The molecule has 0 unspecified atom stereocenters. The third-order valence-corrected chi connectivity index (χ3v) is 5.54. The van der Waals surface area contributed by atoms with Gasteiger partial charge in [0.15, 0.2) is 0 Å². The van der Waals surface area contributed by atoms with Crippen molar-refractivity contribution < 1.29 is 13.2 Å². The van der Waals surface area contributed by atoms with Gasteiger partial charge in [0.05, 0.1) is 11.9 Å². The van der Waals surface area contributed by atoms with Crippen molar-refractivity contribution in [3.8, 4) is 0 Å². The van der Waals surface area contributed by atoms with Gasteiger partial charge >= 0.3 is 0 Å². The maximum absolute atomic E-state index is 12.5. The summed E-state index contributed by atoms with van der Waals surface area (Å²) in [7, 11) is -3.60. The Labute approximate surface area is 156 Å². The summed E-state index contributed by atoms with van der Waals surface area (Å²) in [6.45, 7) is 7.52. The molecular formula is C20H26N2O3S. The van der Waals surface area contributed by atoms with Crippen LogP contribution in [0.1, 0.15) is 29.2 Å². The van der Waals surface area contributed by atoms with E-state index in [4.69, 9.17) is 0 Å². The first-order chi connectivity index (χ1) is 12.1. The average molecular weight is 375 g/mol. The Bertz CT molecular complexity index is 921. The van der Waals surface area contributed by atoms with E-state index < -0.39 is 10.0 Å². The Morgan fingerprint density at radius 1 is 1.04 bits per heavy atom. The molecule has 1 amide bonds. The maximum atomic E-state index is 12.5. The average Bonchev–Trinajstić information content (AvgIpc) is 2.55. The predicted molar refractivity (Wildman–Crippen MR) is 107 cm³/mol. The number of hydrogen-bond acceptors (Lipinski definition) is 3. The summed E-state index contributed by atoms with van der Waals surface area (Å²) in [5, 5.41) is 2.79. The number of para-hydroxylation sites is 1. The van der Waals surface area contributed by atoms with Crippen molar-refractivity contribution in [3.05, 3.63) is 58.7 Å². The summed E-state index contributed by atoms with van der Waals surface area (Å²) in [6.07, 6.45) is 1.81. The van der Waals surface area contributed by atoms with Crippen LogP contribution in [0.25, 0.3) is 0 Å². The van der Waals surface area contributed by atoms with Crippen LogP contribution in [-0.2, 0) is 21.2 Å². The number of aryl methyl sites for hydroxylation is 4. The van der Waals surface area contributed by atoms with Crippen molar-refractivity contribution in [2.75, 3.05) is 22.4 Å². The first-order valence-electron chi connectivity index (χ1n) is 8.56. The first kappa shape index (κ1) is 20.0. The number of amides is 1. The molecule has 6 heteroatoms. The van der Waals surface area contributed by atoms with Crippen molar-refractivity contribution in [1.82, 2.24) is 0 Å². The fourth-order valence-corrected chi connectivity index (χ4v) is 3.82. The monoisotopic (exact) mass is 374 g/mol. The number of carbonyl (C=O) groups excluding carboxylic acids is 1. The highest BCUT2D eigenvalue weighted by Gasteiger charge is 2.24. The van der Waals surface area contributed by atoms with Gasteiger partial charge in [-0.3, -0.25) is 9.10 Å². The first-order valence-corrected chi connectivity index (χ1v) is 10.4. The molecule has 0 aromatic heterocycles. The maximum Gasteiger partial charge on any atom is 0.245 e. The summed E-state index contributed by atoms with van der Waals surface area (Å²) < 4.78 is 26.0. The van der Waals surface area contributed by atoms with Crippen LogP contribution in [0.4, 0.5) is 11.4 Å². The van der Waals surface area contributed by atoms with Crippen molar-refractivity contribution in [2.24, 2.45) is 0 Å². The second-order valence-corrected chi connectivity index (χ2v) is 8.46. The second-order valence-electron chi connectivity index (χ2n) is 6.55. The third-order valence-electron chi connectivity index (χ3n) is 4.43. The van der Waals surface area contributed by atoms with E-state index in [2.05, 4.69) is 5.32 Å². The third kappa shape index (κ3) is 4.64. The molecule has 0 saturated heterocycles.